The molecule has 0 bridgehead atoms. The summed E-state index contributed by atoms with van der Waals surface area (Å²) in [5.74, 6) is -0.609. The molecule has 6 nitrogen and oxygen atoms in total. The van der Waals surface area contributed by atoms with Gasteiger partial charge in [0.25, 0.3) is 5.88 Å². The Morgan fingerprint density at radius 1 is 1.00 bits per heavy atom. The number of carboxylic acid groups (broad SMARTS) is 1. The molecule has 0 atom stereocenters. The lowest BCUT2D eigenvalue weighted by Gasteiger charge is -2.08. The zero-order valence-corrected chi connectivity index (χ0v) is 10.9. The molecule has 1 heterocycles. The Morgan fingerprint density at radius 3 is 2.24 bits per heavy atom. The van der Waals surface area contributed by atoms with Gasteiger partial charge in [-0.2, -0.15) is 4.68 Å². The van der Waals surface area contributed by atoms with Crippen LogP contribution < -0.4 is 4.74 Å². The molecule has 104 valence electrons. The fourth-order valence-electron chi connectivity index (χ4n) is 1.84. The van der Waals surface area contributed by atoms with Gasteiger partial charge in [-0.05, 0) is 24.3 Å². The number of carbonyl (C=O) groups is 1. The fraction of sp³-hybridized carbons (Fsp3) is 0. The predicted octanol–water partition coefficient (Wildman–Crippen LogP) is 2.76. The van der Waals surface area contributed by atoms with Crippen LogP contribution in [0.15, 0.2) is 60.7 Å². The maximum atomic E-state index is 11.3. The summed E-state index contributed by atoms with van der Waals surface area (Å²) in [4.78, 5) is 11.3. The Bertz CT molecular complexity index is 754. The fourth-order valence-corrected chi connectivity index (χ4v) is 1.84. The zero-order chi connectivity index (χ0) is 14.7. The first kappa shape index (κ1) is 12.9. The third kappa shape index (κ3) is 2.59. The molecule has 0 saturated heterocycles. The third-order valence-electron chi connectivity index (χ3n) is 2.79. The Morgan fingerprint density at radius 2 is 1.62 bits per heavy atom. The van der Waals surface area contributed by atoms with Gasteiger partial charge in [0.1, 0.15) is 5.75 Å². The average molecular weight is 281 g/mol. The number of hydrogen-bond donors (Lipinski definition) is 1. The summed E-state index contributed by atoms with van der Waals surface area (Å²) >= 11 is 0. The van der Waals surface area contributed by atoms with Gasteiger partial charge in [-0.25, -0.2) is 4.79 Å². The maximum absolute atomic E-state index is 11.3. The van der Waals surface area contributed by atoms with Crippen LogP contribution in [0.2, 0.25) is 0 Å². The summed E-state index contributed by atoms with van der Waals surface area (Å²) in [6.07, 6.45) is 0. The van der Waals surface area contributed by atoms with Gasteiger partial charge < -0.3 is 9.84 Å². The van der Waals surface area contributed by atoms with Gasteiger partial charge in [-0.1, -0.05) is 41.6 Å². The van der Waals surface area contributed by atoms with E-state index in [-0.39, 0.29) is 11.6 Å². The summed E-state index contributed by atoms with van der Waals surface area (Å²) in [6, 6.07) is 18.0. The molecular formula is C15H11N3O3. The van der Waals surface area contributed by atoms with Crippen LogP contribution >= 0.6 is 0 Å². The highest BCUT2D eigenvalue weighted by Gasteiger charge is 2.22. The molecule has 1 aromatic heterocycles. The molecule has 0 radical (unpaired) electrons. The molecule has 3 aromatic rings. The smallest absolute Gasteiger partial charge is 0.362 e. The summed E-state index contributed by atoms with van der Waals surface area (Å²) in [5.41, 5.74) is 0.436. The largest absolute Gasteiger partial charge is 0.476 e. The van der Waals surface area contributed by atoms with Crippen molar-refractivity contribution < 1.29 is 14.6 Å². The van der Waals surface area contributed by atoms with E-state index in [0.29, 0.717) is 11.4 Å². The van der Waals surface area contributed by atoms with Crippen molar-refractivity contribution in [1.29, 1.82) is 0 Å². The van der Waals surface area contributed by atoms with Gasteiger partial charge in [-0.15, -0.1) is 5.10 Å². The average Bonchev–Trinajstić information content (AvgIpc) is 2.93. The first-order chi connectivity index (χ1) is 10.3. The van der Waals surface area contributed by atoms with Crippen molar-refractivity contribution >= 4 is 5.97 Å². The van der Waals surface area contributed by atoms with Gasteiger partial charge in [0.05, 0.1) is 5.69 Å². The number of carboxylic acids is 1. The maximum Gasteiger partial charge on any atom is 0.362 e. The minimum Gasteiger partial charge on any atom is -0.476 e. The Kier molecular flexibility index (Phi) is 3.34. The molecule has 0 spiro atoms. The standard InChI is InChI=1S/C15H11N3O3/c19-15(20)13-14(21-12-9-5-2-6-10-12)18(17-16-13)11-7-3-1-4-8-11/h1-10H,(H,19,20). The van der Waals surface area contributed by atoms with Gasteiger partial charge in [0.15, 0.2) is 0 Å². The zero-order valence-electron chi connectivity index (χ0n) is 10.9. The number of nitrogens with zero attached hydrogens (tertiary/aromatic N) is 3. The minimum absolute atomic E-state index is 0.0694. The van der Waals surface area contributed by atoms with Crippen LogP contribution in [0.3, 0.4) is 0 Å². The second kappa shape index (κ2) is 5.46. The lowest BCUT2D eigenvalue weighted by Crippen LogP contribution is -2.03. The highest BCUT2D eigenvalue weighted by Crippen LogP contribution is 2.26. The molecule has 21 heavy (non-hydrogen) atoms. The van der Waals surface area contributed by atoms with Gasteiger partial charge >= 0.3 is 5.97 Å². The summed E-state index contributed by atoms with van der Waals surface area (Å²) in [6.45, 7) is 0. The quantitative estimate of drug-likeness (QED) is 0.795. The molecule has 1 N–H and O–H groups in total. The summed E-state index contributed by atoms with van der Waals surface area (Å²) in [7, 11) is 0. The Labute approximate surface area is 120 Å². The van der Waals surface area contributed by atoms with Crippen LogP contribution in [0, 0.1) is 0 Å². The van der Waals surface area contributed by atoms with Crippen molar-refractivity contribution in [3.63, 3.8) is 0 Å². The van der Waals surface area contributed by atoms with E-state index < -0.39 is 5.97 Å². The topological polar surface area (TPSA) is 77.2 Å². The van der Waals surface area contributed by atoms with Crippen molar-refractivity contribution in [2.45, 2.75) is 0 Å². The monoisotopic (exact) mass is 281 g/mol. The lowest BCUT2D eigenvalue weighted by atomic mass is 10.3. The first-order valence-electron chi connectivity index (χ1n) is 6.23. The second-order valence-corrected chi connectivity index (χ2v) is 4.21. The Hall–Kier alpha value is -3.15. The molecule has 0 saturated carbocycles. The number of aromatic carboxylic acids is 1. The molecule has 0 aliphatic rings. The number of ether oxygens (including phenoxy) is 1. The van der Waals surface area contributed by atoms with E-state index in [1.807, 2.05) is 24.3 Å². The van der Waals surface area contributed by atoms with E-state index in [0.717, 1.165) is 0 Å². The number of para-hydroxylation sites is 2. The highest BCUT2D eigenvalue weighted by molar-refractivity contribution is 5.88. The minimum atomic E-state index is -1.19. The number of hydrogen-bond acceptors (Lipinski definition) is 4. The molecular weight excluding hydrogens is 270 g/mol. The van der Waals surface area contributed by atoms with Crippen LogP contribution in [0.5, 0.6) is 11.6 Å². The normalized spacial score (nSPS) is 10.3. The SMILES string of the molecule is O=C(O)c1nnn(-c2ccccc2)c1Oc1ccccc1. The van der Waals surface area contributed by atoms with Crippen molar-refractivity contribution in [2.75, 3.05) is 0 Å². The van der Waals surface area contributed by atoms with Crippen LogP contribution in [-0.4, -0.2) is 26.1 Å². The highest BCUT2D eigenvalue weighted by atomic mass is 16.5. The van der Waals surface area contributed by atoms with Crippen molar-refractivity contribution in [2.24, 2.45) is 0 Å². The van der Waals surface area contributed by atoms with Crippen molar-refractivity contribution in [1.82, 2.24) is 15.0 Å². The van der Waals surface area contributed by atoms with Gasteiger partial charge in [-0.3, -0.25) is 0 Å². The van der Waals surface area contributed by atoms with E-state index in [4.69, 9.17) is 4.74 Å². The van der Waals surface area contributed by atoms with Crippen LogP contribution in [0.4, 0.5) is 0 Å². The van der Waals surface area contributed by atoms with E-state index in [2.05, 4.69) is 10.3 Å². The summed E-state index contributed by atoms with van der Waals surface area (Å²) < 4.78 is 7.01. The second-order valence-electron chi connectivity index (χ2n) is 4.21. The molecule has 0 unspecified atom stereocenters. The van der Waals surface area contributed by atoms with Gasteiger partial charge in [0, 0.05) is 0 Å². The molecule has 2 aromatic carbocycles. The van der Waals surface area contributed by atoms with Crippen molar-refractivity contribution in [3.05, 3.63) is 66.4 Å². The number of aromatic nitrogens is 3. The summed E-state index contributed by atoms with van der Waals surface area (Å²) in [5, 5.41) is 16.7. The van der Waals surface area contributed by atoms with E-state index in [1.165, 1.54) is 4.68 Å². The predicted molar refractivity (Wildman–Crippen MR) is 74.8 cm³/mol. The van der Waals surface area contributed by atoms with Crippen LogP contribution in [0.25, 0.3) is 5.69 Å². The van der Waals surface area contributed by atoms with E-state index in [9.17, 15) is 9.90 Å². The number of rotatable bonds is 4. The van der Waals surface area contributed by atoms with Crippen LogP contribution in [-0.2, 0) is 0 Å². The first-order valence-corrected chi connectivity index (χ1v) is 6.23. The van der Waals surface area contributed by atoms with E-state index >= 15 is 0 Å². The lowest BCUT2D eigenvalue weighted by molar-refractivity contribution is 0.0687. The van der Waals surface area contributed by atoms with Gasteiger partial charge in [0.2, 0.25) is 5.69 Å². The molecule has 0 aliphatic carbocycles. The van der Waals surface area contributed by atoms with Crippen molar-refractivity contribution in [3.8, 4) is 17.3 Å². The number of benzene rings is 2. The molecule has 6 heteroatoms. The molecule has 3 rings (SSSR count). The Balaban J connectivity index is 2.08. The van der Waals surface area contributed by atoms with E-state index in [1.54, 1.807) is 36.4 Å². The molecule has 0 fully saturated rings. The van der Waals surface area contributed by atoms with Crippen LogP contribution in [0.1, 0.15) is 10.5 Å². The molecule has 0 amide bonds. The molecule has 0 aliphatic heterocycles. The third-order valence-corrected chi connectivity index (χ3v) is 2.79.